The summed E-state index contributed by atoms with van der Waals surface area (Å²) < 4.78 is 16.3. The van der Waals surface area contributed by atoms with E-state index in [1.54, 1.807) is 21.3 Å². The van der Waals surface area contributed by atoms with Crippen molar-refractivity contribution in [3.63, 3.8) is 0 Å². The Bertz CT molecular complexity index is 698. The maximum atomic E-state index is 5.46. The van der Waals surface area contributed by atoms with Crippen molar-refractivity contribution < 1.29 is 14.2 Å². The lowest BCUT2D eigenvalue weighted by Gasteiger charge is -2.36. The maximum Gasteiger partial charge on any atom is 0.203 e. The second kappa shape index (κ2) is 8.32. The van der Waals surface area contributed by atoms with Crippen molar-refractivity contribution >= 4 is 5.69 Å². The van der Waals surface area contributed by atoms with Gasteiger partial charge in [0, 0.05) is 38.4 Å². The van der Waals surface area contributed by atoms with Crippen LogP contribution in [0.2, 0.25) is 0 Å². The molecule has 5 heteroatoms. The van der Waals surface area contributed by atoms with Crippen LogP contribution in [0.4, 0.5) is 5.69 Å². The van der Waals surface area contributed by atoms with Crippen LogP contribution in [0.15, 0.2) is 36.4 Å². The van der Waals surface area contributed by atoms with Gasteiger partial charge in [0.15, 0.2) is 11.5 Å². The van der Waals surface area contributed by atoms with E-state index in [-0.39, 0.29) is 0 Å². The molecule has 1 heterocycles. The number of nitrogens with zero attached hydrogens (tertiary/aromatic N) is 2. The van der Waals surface area contributed by atoms with Crippen LogP contribution in [0.3, 0.4) is 0 Å². The number of piperazine rings is 1. The summed E-state index contributed by atoms with van der Waals surface area (Å²) in [4.78, 5) is 4.91. The van der Waals surface area contributed by atoms with Crippen LogP contribution in [-0.2, 0) is 6.54 Å². The number of methoxy groups -OCH3 is 3. The average Bonchev–Trinajstić information content (AvgIpc) is 2.68. The van der Waals surface area contributed by atoms with Crippen molar-refractivity contribution in [2.24, 2.45) is 0 Å². The fourth-order valence-corrected chi connectivity index (χ4v) is 3.40. The minimum Gasteiger partial charge on any atom is -0.493 e. The molecule has 0 bridgehead atoms. The molecule has 5 nitrogen and oxygen atoms in total. The molecule has 2 aromatic carbocycles. The quantitative estimate of drug-likeness (QED) is 0.793. The van der Waals surface area contributed by atoms with Crippen molar-refractivity contribution in [3.05, 3.63) is 47.5 Å². The van der Waals surface area contributed by atoms with E-state index in [0.717, 1.165) is 32.7 Å². The predicted octanol–water partition coefficient (Wildman–Crippen LogP) is 3.34. The van der Waals surface area contributed by atoms with Gasteiger partial charge >= 0.3 is 0 Å². The zero-order valence-corrected chi connectivity index (χ0v) is 16.1. The van der Waals surface area contributed by atoms with Gasteiger partial charge < -0.3 is 19.1 Å². The third-order valence-corrected chi connectivity index (χ3v) is 4.90. The predicted molar refractivity (Wildman–Crippen MR) is 105 cm³/mol. The third-order valence-electron chi connectivity index (χ3n) is 4.90. The van der Waals surface area contributed by atoms with Crippen LogP contribution in [0, 0.1) is 6.92 Å². The molecule has 1 fully saturated rings. The fraction of sp³-hybridized carbons (Fsp3) is 0.429. The Hall–Kier alpha value is -2.40. The van der Waals surface area contributed by atoms with Crippen LogP contribution >= 0.6 is 0 Å². The van der Waals surface area contributed by atoms with Crippen molar-refractivity contribution in [2.75, 3.05) is 52.4 Å². The molecule has 0 radical (unpaired) electrons. The zero-order valence-electron chi connectivity index (χ0n) is 16.1. The lowest BCUT2D eigenvalue weighted by molar-refractivity contribution is 0.248. The summed E-state index contributed by atoms with van der Waals surface area (Å²) in [5, 5.41) is 0. The first kappa shape index (κ1) is 18.4. The Balaban J connectivity index is 1.65. The van der Waals surface area contributed by atoms with Crippen LogP contribution in [-0.4, -0.2) is 52.4 Å². The number of ether oxygens (including phenoxy) is 3. The highest BCUT2D eigenvalue weighted by atomic mass is 16.5. The van der Waals surface area contributed by atoms with Crippen LogP contribution in [0.5, 0.6) is 17.2 Å². The molecular formula is C21H28N2O3. The smallest absolute Gasteiger partial charge is 0.203 e. The molecule has 140 valence electrons. The number of hydrogen-bond donors (Lipinski definition) is 0. The maximum absolute atomic E-state index is 5.46. The zero-order chi connectivity index (χ0) is 18.5. The summed E-state index contributed by atoms with van der Waals surface area (Å²) in [7, 11) is 4.94. The summed E-state index contributed by atoms with van der Waals surface area (Å²) >= 11 is 0. The van der Waals surface area contributed by atoms with Gasteiger partial charge in [-0.2, -0.15) is 0 Å². The second-order valence-electron chi connectivity index (χ2n) is 6.63. The lowest BCUT2D eigenvalue weighted by atomic mass is 10.1. The minimum atomic E-state index is 0.642. The van der Waals surface area contributed by atoms with Gasteiger partial charge in [-0.05, 0) is 36.8 Å². The molecule has 0 aliphatic carbocycles. The molecule has 0 spiro atoms. The van der Waals surface area contributed by atoms with Crippen molar-refractivity contribution in [2.45, 2.75) is 13.5 Å². The standard InChI is InChI=1S/C21H28N2O3/c1-16-5-7-18(8-6-16)23-11-9-22(10-12-23)15-17-13-19(24-2)21(26-4)20(14-17)25-3/h5-8,13-14H,9-12,15H2,1-4H3. The van der Waals surface area contributed by atoms with Gasteiger partial charge in [-0.15, -0.1) is 0 Å². The summed E-state index contributed by atoms with van der Waals surface area (Å²) in [5.74, 6) is 2.06. The topological polar surface area (TPSA) is 34.2 Å². The Morgan fingerprint density at radius 1 is 0.808 bits per heavy atom. The summed E-state index contributed by atoms with van der Waals surface area (Å²) in [5.41, 5.74) is 3.78. The van der Waals surface area contributed by atoms with Crippen LogP contribution in [0.25, 0.3) is 0 Å². The first-order valence-corrected chi connectivity index (χ1v) is 8.97. The van der Waals surface area contributed by atoms with Gasteiger partial charge in [0.05, 0.1) is 21.3 Å². The number of anilines is 1. The Morgan fingerprint density at radius 2 is 1.38 bits per heavy atom. The average molecular weight is 356 g/mol. The number of aryl methyl sites for hydroxylation is 1. The highest BCUT2D eigenvalue weighted by molar-refractivity contribution is 5.54. The molecule has 26 heavy (non-hydrogen) atoms. The molecule has 0 N–H and O–H groups in total. The molecule has 0 unspecified atom stereocenters. The summed E-state index contributed by atoms with van der Waals surface area (Å²) in [6, 6.07) is 12.9. The Morgan fingerprint density at radius 3 is 1.88 bits per heavy atom. The van der Waals surface area contributed by atoms with E-state index in [9.17, 15) is 0 Å². The fourth-order valence-electron chi connectivity index (χ4n) is 3.40. The molecule has 0 saturated carbocycles. The highest BCUT2D eigenvalue weighted by Gasteiger charge is 2.19. The Kier molecular flexibility index (Phi) is 5.89. The van der Waals surface area contributed by atoms with E-state index in [1.165, 1.54) is 16.8 Å². The van der Waals surface area contributed by atoms with E-state index >= 15 is 0 Å². The normalized spacial score (nSPS) is 15.0. The van der Waals surface area contributed by atoms with Gasteiger partial charge in [-0.1, -0.05) is 17.7 Å². The Labute approximate surface area is 156 Å². The van der Waals surface area contributed by atoms with Crippen LogP contribution < -0.4 is 19.1 Å². The van der Waals surface area contributed by atoms with Gasteiger partial charge in [-0.3, -0.25) is 4.90 Å². The third kappa shape index (κ3) is 4.05. The van der Waals surface area contributed by atoms with E-state index in [0.29, 0.717) is 17.2 Å². The van der Waals surface area contributed by atoms with Crippen molar-refractivity contribution in [1.82, 2.24) is 4.90 Å². The molecule has 0 amide bonds. The van der Waals surface area contributed by atoms with E-state index in [1.807, 2.05) is 12.1 Å². The molecule has 1 saturated heterocycles. The first-order chi connectivity index (χ1) is 12.6. The number of benzene rings is 2. The van der Waals surface area contributed by atoms with E-state index < -0.39 is 0 Å². The van der Waals surface area contributed by atoms with Gasteiger partial charge in [-0.25, -0.2) is 0 Å². The number of hydrogen-bond acceptors (Lipinski definition) is 5. The molecule has 2 aromatic rings. The SMILES string of the molecule is COc1cc(CN2CCN(c3ccc(C)cc3)CC2)cc(OC)c1OC. The van der Waals surface area contributed by atoms with Crippen LogP contribution in [0.1, 0.15) is 11.1 Å². The van der Waals surface area contributed by atoms with Crippen molar-refractivity contribution in [3.8, 4) is 17.2 Å². The minimum absolute atomic E-state index is 0.642. The second-order valence-corrected chi connectivity index (χ2v) is 6.63. The number of rotatable bonds is 6. The molecule has 0 aromatic heterocycles. The van der Waals surface area contributed by atoms with Crippen molar-refractivity contribution in [1.29, 1.82) is 0 Å². The van der Waals surface area contributed by atoms with Gasteiger partial charge in [0.25, 0.3) is 0 Å². The molecule has 1 aliphatic heterocycles. The molecule has 0 atom stereocenters. The van der Waals surface area contributed by atoms with Gasteiger partial charge in [0.2, 0.25) is 5.75 Å². The first-order valence-electron chi connectivity index (χ1n) is 8.97. The van der Waals surface area contributed by atoms with E-state index in [2.05, 4.69) is 41.0 Å². The molecule has 1 aliphatic rings. The monoisotopic (exact) mass is 356 g/mol. The highest BCUT2D eigenvalue weighted by Crippen LogP contribution is 2.38. The van der Waals surface area contributed by atoms with E-state index in [4.69, 9.17) is 14.2 Å². The summed E-state index contributed by atoms with van der Waals surface area (Å²) in [6.45, 7) is 7.13. The molecular weight excluding hydrogens is 328 g/mol. The lowest BCUT2D eigenvalue weighted by Crippen LogP contribution is -2.45. The van der Waals surface area contributed by atoms with Gasteiger partial charge in [0.1, 0.15) is 0 Å². The summed E-state index contributed by atoms with van der Waals surface area (Å²) in [6.07, 6.45) is 0. The molecule has 3 rings (SSSR count). The largest absolute Gasteiger partial charge is 0.493 e.